The molecule has 4 saturated carbocycles. The number of hydrogen-bond donors (Lipinski definition) is 8. The SMILES string of the molecule is Cl.FC1C(F)C(F)C2C3NC4NC(NC5NC(NC6NC(NC(N3)C2C1F)C1CCCCC61)C1CCCCC51)C1CCCCC41.[AlH3]. The monoisotopic (exact) mass is 690 g/mol. The predicted molar refractivity (Wildman–Crippen MR) is 175 cm³/mol. The molecule has 0 radical (unpaired) electrons. The molecule has 0 aromatic rings. The first-order valence-electron chi connectivity index (χ1n) is 18.1. The molecule has 8 nitrogen and oxygen atoms in total. The van der Waals surface area contributed by atoms with E-state index in [1.165, 1.54) is 38.5 Å². The third-order valence-electron chi connectivity index (χ3n) is 13.9. The molecule has 0 amide bonds. The summed E-state index contributed by atoms with van der Waals surface area (Å²) in [6.07, 6.45) is 3.98. The third kappa shape index (κ3) is 5.62. The Balaban J connectivity index is 0.00000169. The summed E-state index contributed by atoms with van der Waals surface area (Å²) in [5.41, 5.74) is 0. The molecular weight excluding hydrogens is 635 g/mol. The molecule has 0 spiro atoms. The lowest BCUT2D eigenvalue weighted by atomic mass is 9.74. The van der Waals surface area contributed by atoms with Gasteiger partial charge in [0.05, 0.1) is 49.3 Å². The number of rotatable bonds is 0. The van der Waals surface area contributed by atoms with Crippen LogP contribution in [-0.2, 0) is 0 Å². The highest BCUT2D eigenvalue weighted by molar-refractivity contribution is 5.85. The quantitative estimate of drug-likeness (QED) is 0.144. The van der Waals surface area contributed by atoms with Gasteiger partial charge in [0.15, 0.2) is 29.7 Å². The average molecular weight is 691 g/mol. The first-order valence-corrected chi connectivity index (χ1v) is 18.1. The van der Waals surface area contributed by atoms with E-state index >= 15 is 8.78 Å². The molecule has 5 saturated heterocycles. The Bertz CT molecular complexity index is 996. The third-order valence-corrected chi connectivity index (χ3v) is 13.9. The van der Waals surface area contributed by atoms with Crippen molar-refractivity contribution in [3.63, 3.8) is 0 Å². The minimum absolute atomic E-state index is 0. The molecule has 46 heavy (non-hydrogen) atoms. The minimum atomic E-state index is -2.45. The van der Waals surface area contributed by atoms with E-state index in [0.29, 0.717) is 35.5 Å². The first kappa shape index (κ1) is 34.7. The maximum absolute atomic E-state index is 15.8. The highest BCUT2D eigenvalue weighted by Gasteiger charge is 2.63. The van der Waals surface area contributed by atoms with Crippen LogP contribution >= 0.6 is 12.4 Å². The Hall–Kier alpha value is 0.222. The molecule has 20 unspecified atom stereocenters. The van der Waals surface area contributed by atoms with Crippen LogP contribution in [0.25, 0.3) is 0 Å². The summed E-state index contributed by atoms with van der Waals surface area (Å²) in [7, 11) is 0. The summed E-state index contributed by atoms with van der Waals surface area (Å²) < 4.78 is 61.5. The fourth-order valence-electron chi connectivity index (χ4n) is 11.9. The zero-order valence-electron chi connectivity index (χ0n) is 26.0. The Morgan fingerprint density at radius 2 is 0.500 bits per heavy atom. The molecule has 5 aliphatic heterocycles. The van der Waals surface area contributed by atoms with Crippen LogP contribution in [0.5, 0.6) is 0 Å². The van der Waals surface area contributed by atoms with Gasteiger partial charge in [0.25, 0.3) is 0 Å². The standard InChI is InChI=1S/C32H52F4N8.Al.ClH.3H/c33-21-19-20(22(34)24(36)23(21)35)32-43-30-18-12-6-4-10-16(18)28(41-30)39-26-14-8-2-1-7-13(14)25(37-26)38-27-15-9-3-5-11-17(15)29(40-27)42-31(19)44-32;;;;;/h13-32,37-44H,1-12H2;;1H;;;. The van der Waals surface area contributed by atoms with Gasteiger partial charge in [0.2, 0.25) is 0 Å². The molecule has 5 heterocycles. The van der Waals surface area contributed by atoms with E-state index < -0.39 is 48.9 Å². The van der Waals surface area contributed by atoms with Gasteiger partial charge in [0, 0.05) is 11.8 Å². The number of alkyl halides is 4. The van der Waals surface area contributed by atoms with Crippen LogP contribution in [0.2, 0.25) is 0 Å². The van der Waals surface area contributed by atoms with Gasteiger partial charge in [0.1, 0.15) is 12.3 Å². The highest BCUT2D eigenvalue weighted by atomic mass is 35.5. The molecule has 9 aliphatic rings. The van der Waals surface area contributed by atoms with Gasteiger partial charge in [-0.25, -0.2) is 17.6 Å². The Morgan fingerprint density at radius 1 is 0.304 bits per heavy atom. The molecular formula is C32H56AlClF4N8. The largest absolute Gasteiger partial charge is 0.286 e. The number of fused-ring (bicyclic) bond motifs is 20. The van der Waals surface area contributed by atoms with Crippen LogP contribution in [0.4, 0.5) is 17.6 Å². The van der Waals surface area contributed by atoms with Crippen LogP contribution in [0, 0.1) is 47.3 Å². The lowest BCUT2D eigenvalue weighted by Crippen LogP contribution is -2.62. The van der Waals surface area contributed by atoms with Crippen molar-refractivity contribution in [1.82, 2.24) is 42.5 Å². The van der Waals surface area contributed by atoms with Crippen LogP contribution < -0.4 is 42.5 Å². The van der Waals surface area contributed by atoms with E-state index in [9.17, 15) is 8.78 Å². The molecule has 8 N–H and O–H groups in total. The second kappa shape index (κ2) is 13.7. The zero-order valence-corrected chi connectivity index (χ0v) is 26.8. The molecule has 14 heteroatoms. The molecule has 9 fully saturated rings. The summed E-state index contributed by atoms with van der Waals surface area (Å²) in [5, 5.41) is 30.6. The molecule has 8 bridgehead atoms. The van der Waals surface area contributed by atoms with Crippen LogP contribution in [-0.4, -0.2) is 91.4 Å². The minimum Gasteiger partial charge on any atom is -0.286 e. The highest BCUT2D eigenvalue weighted by Crippen LogP contribution is 2.47. The van der Waals surface area contributed by atoms with Crippen LogP contribution in [0.1, 0.15) is 77.0 Å². The molecule has 9 rings (SSSR count). The zero-order chi connectivity index (χ0) is 29.7. The Kier molecular flexibility index (Phi) is 10.4. The van der Waals surface area contributed by atoms with Gasteiger partial charge in [-0.2, -0.15) is 0 Å². The van der Waals surface area contributed by atoms with Gasteiger partial charge < -0.3 is 0 Å². The fourth-order valence-corrected chi connectivity index (χ4v) is 11.9. The van der Waals surface area contributed by atoms with Crippen molar-refractivity contribution in [2.45, 2.75) is 151 Å². The number of halogens is 5. The summed E-state index contributed by atoms with van der Waals surface area (Å²) in [4.78, 5) is 0. The number of nitrogens with one attached hydrogen (secondary N) is 8. The smallest absolute Gasteiger partial charge is 0.187 e. The lowest BCUT2D eigenvalue weighted by molar-refractivity contribution is -0.0799. The summed E-state index contributed by atoms with van der Waals surface area (Å²) in [6, 6.07) is 0. The van der Waals surface area contributed by atoms with Crippen molar-refractivity contribution < 1.29 is 17.6 Å². The van der Waals surface area contributed by atoms with Gasteiger partial charge in [-0.15, -0.1) is 12.4 Å². The fraction of sp³-hybridized carbons (Fsp3) is 1.00. The van der Waals surface area contributed by atoms with E-state index in [4.69, 9.17) is 0 Å². The maximum Gasteiger partial charge on any atom is 0.187 e. The van der Waals surface area contributed by atoms with E-state index in [2.05, 4.69) is 42.5 Å². The van der Waals surface area contributed by atoms with Crippen molar-refractivity contribution in [3.05, 3.63) is 0 Å². The van der Waals surface area contributed by atoms with Gasteiger partial charge in [-0.1, -0.05) is 38.5 Å². The van der Waals surface area contributed by atoms with E-state index in [-0.39, 0.29) is 66.8 Å². The average Bonchev–Trinajstić information content (AvgIpc) is 3.78. The Morgan fingerprint density at radius 3 is 0.739 bits per heavy atom. The predicted octanol–water partition coefficient (Wildman–Crippen LogP) is 1.64. The Labute approximate surface area is 287 Å². The molecule has 262 valence electrons. The lowest BCUT2D eigenvalue weighted by Gasteiger charge is -2.41. The van der Waals surface area contributed by atoms with E-state index in [1.54, 1.807) is 0 Å². The maximum atomic E-state index is 15.8. The molecule has 0 aromatic carbocycles. The van der Waals surface area contributed by atoms with Crippen molar-refractivity contribution >= 4 is 29.8 Å². The van der Waals surface area contributed by atoms with Crippen molar-refractivity contribution in [2.24, 2.45) is 47.3 Å². The van der Waals surface area contributed by atoms with Crippen molar-refractivity contribution in [1.29, 1.82) is 0 Å². The summed E-state index contributed by atoms with van der Waals surface area (Å²) >= 11 is 0. The summed E-state index contributed by atoms with van der Waals surface area (Å²) in [5.74, 6) is 0.629. The second-order valence-electron chi connectivity index (χ2n) is 15.9. The van der Waals surface area contributed by atoms with Gasteiger partial charge >= 0.3 is 0 Å². The number of hydrogen-bond acceptors (Lipinski definition) is 8. The first-order chi connectivity index (χ1) is 21.5. The summed E-state index contributed by atoms with van der Waals surface area (Å²) in [6.45, 7) is 0. The molecule has 4 aliphatic carbocycles. The van der Waals surface area contributed by atoms with Crippen LogP contribution in [0.15, 0.2) is 0 Å². The molecule has 20 atom stereocenters. The topological polar surface area (TPSA) is 96.2 Å². The van der Waals surface area contributed by atoms with Crippen LogP contribution in [0.3, 0.4) is 0 Å². The van der Waals surface area contributed by atoms with Crippen molar-refractivity contribution in [3.8, 4) is 0 Å². The second-order valence-corrected chi connectivity index (χ2v) is 15.9. The van der Waals surface area contributed by atoms with E-state index in [1.807, 2.05) is 0 Å². The van der Waals surface area contributed by atoms with Gasteiger partial charge in [-0.05, 0) is 74.0 Å². The molecule has 0 aromatic heterocycles. The normalized spacial score (nSPS) is 57.7. The van der Waals surface area contributed by atoms with Crippen molar-refractivity contribution in [2.75, 3.05) is 0 Å². The van der Waals surface area contributed by atoms with Gasteiger partial charge in [-0.3, -0.25) is 42.5 Å². The van der Waals surface area contributed by atoms with E-state index in [0.717, 1.165) is 38.5 Å².